The molecule has 132 valence electrons. The van der Waals surface area contributed by atoms with Crippen LogP contribution in [0, 0.1) is 6.92 Å². The second-order valence-corrected chi connectivity index (χ2v) is 6.04. The van der Waals surface area contributed by atoms with Gasteiger partial charge >= 0.3 is 0 Å². The molecular formula is C19H19N5O2. The average molecular weight is 349 g/mol. The fourth-order valence-electron chi connectivity index (χ4n) is 3.08. The lowest BCUT2D eigenvalue weighted by Gasteiger charge is -2.06. The van der Waals surface area contributed by atoms with E-state index in [2.05, 4.69) is 10.2 Å². The molecule has 0 fully saturated rings. The molecule has 0 saturated heterocycles. The van der Waals surface area contributed by atoms with Crippen molar-refractivity contribution in [1.82, 2.24) is 24.4 Å². The van der Waals surface area contributed by atoms with E-state index in [-0.39, 0.29) is 5.56 Å². The Morgan fingerprint density at radius 1 is 1.27 bits per heavy atom. The van der Waals surface area contributed by atoms with Crippen LogP contribution in [0.4, 0.5) is 0 Å². The molecule has 3 aromatic heterocycles. The zero-order valence-corrected chi connectivity index (χ0v) is 14.9. The van der Waals surface area contributed by atoms with Gasteiger partial charge in [0.15, 0.2) is 5.65 Å². The minimum absolute atomic E-state index is 0.168. The summed E-state index contributed by atoms with van der Waals surface area (Å²) in [7, 11) is 1.63. The summed E-state index contributed by atoms with van der Waals surface area (Å²) in [5.41, 5.74) is 4.45. The third kappa shape index (κ3) is 2.48. The van der Waals surface area contributed by atoms with Gasteiger partial charge < -0.3 is 4.74 Å². The Kier molecular flexibility index (Phi) is 3.84. The number of H-pyrrole nitrogens is 1. The second-order valence-electron chi connectivity index (χ2n) is 6.04. The van der Waals surface area contributed by atoms with E-state index in [0.29, 0.717) is 11.3 Å². The van der Waals surface area contributed by atoms with Crippen LogP contribution in [0.15, 0.2) is 47.5 Å². The molecule has 0 aliphatic carbocycles. The smallest absolute Gasteiger partial charge is 0.273 e. The molecule has 0 aliphatic heterocycles. The van der Waals surface area contributed by atoms with Gasteiger partial charge in [-0.05, 0) is 26.0 Å². The van der Waals surface area contributed by atoms with Crippen molar-refractivity contribution >= 4 is 5.65 Å². The van der Waals surface area contributed by atoms with Gasteiger partial charge in [0, 0.05) is 35.5 Å². The molecule has 3 heterocycles. The van der Waals surface area contributed by atoms with Crippen molar-refractivity contribution in [3.63, 3.8) is 0 Å². The van der Waals surface area contributed by atoms with Gasteiger partial charge in [-0.1, -0.05) is 12.1 Å². The number of aromatic nitrogens is 5. The van der Waals surface area contributed by atoms with Crippen LogP contribution in [0.5, 0.6) is 5.75 Å². The number of para-hydroxylation sites is 1. The zero-order valence-electron chi connectivity index (χ0n) is 14.9. The topological polar surface area (TPSA) is 77.2 Å². The van der Waals surface area contributed by atoms with E-state index in [1.165, 1.54) is 10.6 Å². The Bertz CT molecular complexity index is 1150. The van der Waals surface area contributed by atoms with Crippen molar-refractivity contribution in [2.75, 3.05) is 7.11 Å². The van der Waals surface area contributed by atoms with Gasteiger partial charge in [-0.3, -0.25) is 14.6 Å². The Hall–Kier alpha value is -3.35. The fraction of sp³-hybridized carbons (Fsp3) is 0.211. The molecule has 4 aromatic rings. The SMILES string of the molecule is CCn1cc(-c2cc(=O)n3[nH]c(-c4ccccc4OC)c(C)c3n2)cn1. The van der Waals surface area contributed by atoms with Gasteiger partial charge in [-0.25, -0.2) is 9.50 Å². The van der Waals surface area contributed by atoms with Gasteiger partial charge in [-0.2, -0.15) is 5.10 Å². The number of fused-ring (bicyclic) bond motifs is 1. The minimum Gasteiger partial charge on any atom is -0.496 e. The first-order chi connectivity index (χ1) is 12.6. The fourth-order valence-corrected chi connectivity index (χ4v) is 3.08. The molecule has 7 nitrogen and oxygen atoms in total. The van der Waals surface area contributed by atoms with E-state index in [9.17, 15) is 4.79 Å². The first-order valence-electron chi connectivity index (χ1n) is 8.41. The van der Waals surface area contributed by atoms with E-state index < -0.39 is 0 Å². The summed E-state index contributed by atoms with van der Waals surface area (Å²) in [4.78, 5) is 17.3. The maximum absolute atomic E-state index is 12.6. The van der Waals surface area contributed by atoms with Crippen LogP contribution < -0.4 is 10.3 Å². The van der Waals surface area contributed by atoms with Gasteiger partial charge in [0.1, 0.15) is 5.75 Å². The van der Waals surface area contributed by atoms with Gasteiger partial charge in [0.05, 0.1) is 24.7 Å². The Labute approximate surface area is 149 Å². The summed E-state index contributed by atoms with van der Waals surface area (Å²) in [5.74, 6) is 0.736. The summed E-state index contributed by atoms with van der Waals surface area (Å²) in [6.07, 6.45) is 3.62. The normalized spacial score (nSPS) is 11.2. The van der Waals surface area contributed by atoms with Crippen LogP contribution in [-0.2, 0) is 6.54 Å². The number of hydrogen-bond donors (Lipinski definition) is 1. The van der Waals surface area contributed by atoms with E-state index in [4.69, 9.17) is 9.72 Å². The quantitative estimate of drug-likeness (QED) is 0.614. The van der Waals surface area contributed by atoms with Crippen LogP contribution in [0.25, 0.3) is 28.2 Å². The molecule has 7 heteroatoms. The van der Waals surface area contributed by atoms with Crippen molar-refractivity contribution in [1.29, 1.82) is 0 Å². The summed E-state index contributed by atoms with van der Waals surface area (Å²) in [6.45, 7) is 4.72. The van der Waals surface area contributed by atoms with Gasteiger partial charge in [-0.15, -0.1) is 0 Å². The van der Waals surface area contributed by atoms with Crippen molar-refractivity contribution < 1.29 is 4.74 Å². The Balaban J connectivity index is 1.93. The lowest BCUT2D eigenvalue weighted by atomic mass is 10.1. The lowest BCUT2D eigenvalue weighted by molar-refractivity contribution is 0.416. The number of aryl methyl sites for hydroxylation is 2. The molecule has 0 bridgehead atoms. The van der Waals surface area contributed by atoms with E-state index in [0.717, 1.165) is 34.7 Å². The minimum atomic E-state index is -0.168. The highest BCUT2D eigenvalue weighted by Crippen LogP contribution is 2.32. The first kappa shape index (κ1) is 16.1. The zero-order chi connectivity index (χ0) is 18.3. The molecular weight excluding hydrogens is 330 g/mol. The van der Waals surface area contributed by atoms with Gasteiger partial charge in [0.2, 0.25) is 0 Å². The highest BCUT2D eigenvalue weighted by molar-refractivity contribution is 5.75. The molecule has 1 aromatic carbocycles. The average Bonchev–Trinajstić information content (AvgIpc) is 3.27. The molecule has 0 unspecified atom stereocenters. The van der Waals surface area contributed by atoms with Crippen LogP contribution in [-0.4, -0.2) is 31.5 Å². The first-order valence-corrected chi connectivity index (χ1v) is 8.41. The highest BCUT2D eigenvalue weighted by atomic mass is 16.5. The number of nitrogens with zero attached hydrogens (tertiary/aromatic N) is 4. The second kappa shape index (κ2) is 6.18. The molecule has 0 aliphatic rings. The van der Waals surface area contributed by atoms with Gasteiger partial charge in [0.25, 0.3) is 5.56 Å². The predicted octanol–water partition coefficient (Wildman–Crippen LogP) is 2.89. The standard InChI is InChI=1S/C19H19N5O2/c1-4-23-11-13(10-20-23)15-9-17(25)24-19(21-15)12(2)18(22-24)14-7-5-6-8-16(14)26-3/h5-11,22H,4H2,1-3H3. The van der Waals surface area contributed by atoms with Crippen LogP contribution in [0.2, 0.25) is 0 Å². The van der Waals surface area contributed by atoms with E-state index >= 15 is 0 Å². The van der Waals surface area contributed by atoms with Crippen LogP contribution in [0.3, 0.4) is 0 Å². The van der Waals surface area contributed by atoms with E-state index in [1.54, 1.807) is 13.3 Å². The van der Waals surface area contributed by atoms with Crippen LogP contribution >= 0.6 is 0 Å². The molecule has 0 amide bonds. The number of hydrogen-bond acceptors (Lipinski definition) is 4. The summed E-state index contributed by atoms with van der Waals surface area (Å²) in [5, 5.41) is 7.42. The summed E-state index contributed by atoms with van der Waals surface area (Å²) in [6, 6.07) is 9.21. The maximum Gasteiger partial charge on any atom is 0.273 e. The third-order valence-corrected chi connectivity index (χ3v) is 4.48. The van der Waals surface area contributed by atoms with Crippen molar-refractivity contribution in [3.8, 4) is 28.3 Å². The number of methoxy groups -OCH3 is 1. The number of rotatable bonds is 4. The lowest BCUT2D eigenvalue weighted by Crippen LogP contribution is -2.14. The molecule has 26 heavy (non-hydrogen) atoms. The molecule has 4 rings (SSSR count). The van der Waals surface area contributed by atoms with Crippen molar-refractivity contribution in [2.45, 2.75) is 20.4 Å². The Morgan fingerprint density at radius 3 is 2.81 bits per heavy atom. The largest absolute Gasteiger partial charge is 0.496 e. The highest BCUT2D eigenvalue weighted by Gasteiger charge is 2.17. The molecule has 0 spiro atoms. The number of benzene rings is 1. The summed E-state index contributed by atoms with van der Waals surface area (Å²) >= 11 is 0. The molecule has 0 atom stereocenters. The maximum atomic E-state index is 12.6. The molecule has 0 saturated carbocycles. The molecule has 1 N–H and O–H groups in total. The Morgan fingerprint density at radius 2 is 2.08 bits per heavy atom. The van der Waals surface area contributed by atoms with Crippen LogP contribution in [0.1, 0.15) is 12.5 Å². The van der Waals surface area contributed by atoms with E-state index in [1.807, 2.05) is 49.0 Å². The number of ether oxygens (including phenoxy) is 1. The number of nitrogens with one attached hydrogen (secondary N) is 1. The number of aromatic amines is 1. The predicted molar refractivity (Wildman–Crippen MR) is 99.4 cm³/mol. The summed E-state index contributed by atoms with van der Waals surface area (Å²) < 4.78 is 8.72. The monoisotopic (exact) mass is 349 g/mol. The molecule has 0 radical (unpaired) electrons. The van der Waals surface area contributed by atoms with Crippen molar-refractivity contribution in [2.24, 2.45) is 0 Å². The third-order valence-electron chi connectivity index (χ3n) is 4.48. The van der Waals surface area contributed by atoms with Crippen molar-refractivity contribution in [3.05, 3.63) is 58.6 Å².